The molecule has 0 radical (unpaired) electrons. The van der Waals surface area contributed by atoms with E-state index in [4.69, 9.17) is 5.11 Å². The van der Waals surface area contributed by atoms with Gasteiger partial charge in [0.1, 0.15) is 0 Å². The molecule has 18 heavy (non-hydrogen) atoms. The molecule has 1 aliphatic heterocycles. The second-order valence-electron chi connectivity index (χ2n) is 4.48. The summed E-state index contributed by atoms with van der Waals surface area (Å²) >= 11 is 0. The molecule has 0 bridgehead atoms. The van der Waals surface area contributed by atoms with Crippen LogP contribution < -0.4 is 4.90 Å². The average molecular weight is 247 g/mol. The molecule has 1 saturated heterocycles. The van der Waals surface area contributed by atoms with Crippen molar-refractivity contribution >= 4 is 23.5 Å². The minimum atomic E-state index is -1.03. The van der Waals surface area contributed by atoms with Gasteiger partial charge >= 0.3 is 5.97 Å². The topological polar surface area (TPSA) is 74.7 Å². The zero-order valence-electron chi connectivity index (χ0n) is 10.1. The van der Waals surface area contributed by atoms with Gasteiger partial charge < -0.3 is 5.11 Å². The highest BCUT2D eigenvalue weighted by Gasteiger charge is 2.37. The molecule has 0 saturated carbocycles. The molecule has 2 amide bonds. The van der Waals surface area contributed by atoms with Crippen LogP contribution in [-0.4, -0.2) is 22.9 Å². The summed E-state index contributed by atoms with van der Waals surface area (Å²) in [5.41, 5.74) is 1.22. The van der Waals surface area contributed by atoms with Crippen LogP contribution in [0.1, 0.15) is 29.3 Å². The molecule has 2 rings (SSSR count). The van der Waals surface area contributed by atoms with E-state index in [0.717, 1.165) is 4.90 Å². The van der Waals surface area contributed by atoms with Crippen molar-refractivity contribution in [1.82, 2.24) is 0 Å². The van der Waals surface area contributed by atoms with E-state index in [1.54, 1.807) is 13.8 Å². The lowest BCUT2D eigenvalue weighted by Gasteiger charge is -2.17. The first kappa shape index (κ1) is 12.3. The van der Waals surface area contributed by atoms with Crippen molar-refractivity contribution in [3.8, 4) is 0 Å². The number of aromatic carboxylic acids is 1. The highest BCUT2D eigenvalue weighted by Crippen LogP contribution is 2.29. The number of carbonyl (C=O) groups excluding carboxylic acids is 2. The molecular formula is C13H13NO4. The Kier molecular flexibility index (Phi) is 2.90. The van der Waals surface area contributed by atoms with E-state index in [2.05, 4.69) is 0 Å². The first-order chi connectivity index (χ1) is 8.41. The van der Waals surface area contributed by atoms with Crippen molar-refractivity contribution in [3.63, 3.8) is 0 Å². The SMILES string of the molecule is Cc1cc(C(=O)O)ccc1N1C(=O)CC(C)C1=O. The van der Waals surface area contributed by atoms with Crippen LogP contribution in [0.5, 0.6) is 0 Å². The van der Waals surface area contributed by atoms with E-state index >= 15 is 0 Å². The van der Waals surface area contributed by atoms with Crippen molar-refractivity contribution in [2.45, 2.75) is 20.3 Å². The Hall–Kier alpha value is -2.17. The number of amides is 2. The van der Waals surface area contributed by atoms with Crippen molar-refractivity contribution in [3.05, 3.63) is 29.3 Å². The predicted octanol–water partition coefficient (Wildman–Crippen LogP) is 1.59. The highest BCUT2D eigenvalue weighted by molar-refractivity contribution is 6.21. The van der Waals surface area contributed by atoms with Crippen LogP contribution in [0.15, 0.2) is 18.2 Å². The number of carbonyl (C=O) groups is 3. The van der Waals surface area contributed by atoms with Crippen LogP contribution in [0, 0.1) is 12.8 Å². The third-order valence-electron chi connectivity index (χ3n) is 3.06. The second-order valence-corrected chi connectivity index (χ2v) is 4.48. The summed E-state index contributed by atoms with van der Waals surface area (Å²) in [5.74, 6) is -1.81. The molecule has 0 aliphatic carbocycles. The Morgan fingerprint density at radius 3 is 2.50 bits per heavy atom. The number of carboxylic acid groups (broad SMARTS) is 1. The van der Waals surface area contributed by atoms with Gasteiger partial charge in [-0.3, -0.25) is 14.5 Å². The number of anilines is 1. The first-order valence-corrected chi connectivity index (χ1v) is 5.62. The fourth-order valence-electron chi connectivity index (χ4n) is 2.08. The number of rotatable bonds is 2. The molecule has 1 aromatic carbocycles. The van der Waals surface area contributed by atoms with E-state index < -0.39 is 5.97 Å². The molecule has 5 heteroatoms. The number of carboxylic acids is 1. The van der Waals surface area contributed by atoms with Gasteiger partial charge in [-0.05, 0) is 30.7 Å². The number of aryl methyl sites for hydroxylation is 1. The standard InChI is InChI=1S/C13H13NO4/c1-7-5-9(13(17)18)3-4-10(7)14-11(15)6-8(2)12(14)16/h3-5,8H,6H2,1-2H3,(H,17,18). The van der Waals surface area contributed by atoms with Gasteiger partial charge in [0.15, 0.2) is 0 Å². The zero-order valence-corrected chi connectivity index (χ0v) is 10.1. The Morgan fingerprint density at radius 1 is 1.39 bits per heavy atom. The summed E-state index contributed by atoms with van der Waals surface area (Å²) in [4.78, 5) is 35.6. The van der Waals surface area contributed by atoms with Crippen molar-refractivity contribution in [2.24, 2.45) is 5.92 Å². The van der Waals surface area contributed by atoms with Gasteiger partial charge in [0, 0.05) is 12.3 Å². The summed E-state index contributed by atoms with van der Waals surface area (Å²) in [5, 5.41) is 8.86. The number of nitrogens with zero attached hydrogens (tertiary/aromatic N) is 1. The molecule has 1 heterocycles. The van der Waals surface area contributed by atoms with Crippen molar-refractivity contribution < 1.29 is 19.5 Å². The largest absolute Gasteiger partial charge is 0.478 e. The summed E-state index contributed by atoms with van der Waals surface area (Å²) < 4.78 is 0. The van der Waals surface area contributed by atoms with Gasteiger partial charge in [-0.1, -0.05) is 6.92 Å². The summed E-state index contributed by atoms with van der Waals surface area (Å²) in [6.07, 6.45) is 0.207. The molecule has 0 spiro atoms. The fourth-order valence-corrected chi connectivity index (χ4v) is 2.08. The first-order valence-electron chi connectivity index (χ1n) is 5.62. The molecule has 1 unspecified atom stereocenters. The van der Waals surface area contributed by atoms with Crippen LogP contribution in [0.2, 0.25) is 0 Å². The average Bonchev–Trinajstić information content (AvgIpc) is 2.54. The van der Waals surface area contributed by atoms with Crippen LogP contribution in [0.3, 0.4) is 0 Å². The maximum Gasteiger partial charge on any atom is 0.335 e. The Morgan fingerprint density at radius 2 is 2.06 bits per heavy atom. The van der Waals surface area contributed by atoms with Crippen LogP contribution in [-0.2, 0) is 9.59 Å². The smallest absolute Gasteiger partial charge is 0.335 e. The van der Waals surface area contributed by atoms with Gasteiger partial charge in [0.25, 0.3) is 0 Å². The Balaban J connectivity index is 2.43. The van der Waals surface area contributed by atoms with Crippen LogP contribution >= 0.6 is 0 Å². The fraction of sp³-hybridized carbons (Fsp3) is 0.308. The van der Waals surface area contributed by atoms with Crippen molar-refractivity contribution in [1.29, 1.82) is 0 Å². The van der Waals surface area contributed by atoms with Gasteiger partial charge in [0.2, 0.25) is 11.8 Å². The molecule has 1 N–H and O–H groups in total. The summed E-state index contributed by atoms with van der Waals surface area (Å²) in [6, 6.07) is 4.36. The maximum absolute atomic E-state index is 11.9. The molecule has 94 valence electrons. The lowest BCUT2D eigenvalue weighted by molar-refractivity contribution is -0.122. The van der Waals surface area contributed by atoms with E-state index in [1.165, 1.54) is 18.2 Å². The number of imide groups is 1. The van der Waals surface area contributed by atoms with E-state index in [1.807, 2.05) is 0 Å². The normalized spacial score (nSPS) is 19.4. The number of hydrogen-bond donors (Lipinski definition) is 1. The Labute approximate surface area is 104 Å². The van der Waals surface area contributed by atoms with Gasteiger partial charge in [-0.25, -0.2) is 4.79 Å². The molecule has 0 aromatic heterocycles. The minimum Gasteiger partial charge on any atom is -0.478 e. The van der Waals surface area contributed by atoms with Gasteiger partial charge in [0.05, 0.1) is 11.3 Å². The maximum atomic E-state index is 11.9. The summed E-state index contributed by atoms with van der Waals surface area (Å²) in [6.45, 7) is 3.40. The van der Waals surface area contributed by atoms with E-state index in [-0.39, 0.29) is 29.7 Å². The van der Waals surface area contributed by atoms with Crippen LogP contribution in [0.4, 0.5) is 5.69 Å². The lowest BCUT2D eigenvalue weighted by Crippen LogP contribution is -2.30. The van der Waals surface area contributed by atoms with E-state index in [9.17, 15) is 14.4 Å². The second kappa shape index (κ2) is 4.25. The minimum absolute atomic E-state index is 0.142. The lowest BCUT2D eigenvalue weighted by atomic mass is 10.1. The molecule has 1 fully saturated rings. The monoisotopic (exact) mass is 247 g/mol. The van der Waals surface area contributed by atoms with E-state index in [0.29, 0.717) is 11.3 Å². The number of benzene rings is 1. The molecule has 1 aromatic rings. The zero-order chi connectivity index (χ0) is 13.4. The third-order valence-corrected chi connectivity index (χ3v) is 3.06. The van der Waals surface area contributed by atoms with Crippen LogP contribution in [0.25, 0.3) is 0 Å². The summed E-state index contributed by atoms with van der Waals surface area (Å²) in [7, 11) is 0. The quantitative estimate of drug-likeness (QED) is 0.805. The third kappa shape index (κ3) is 1.88. The van der Waals surface area contributed by atoms with Crippen molar-refractivity contribution in [2.75, 3.05) is 4.90 Å². The molecule has 1 aliphatic rings. The van der Waals surface area contributed by atoms with Gasteiger partial charge in [-0.2, -0.15) is 0 Å². The highest BCUT2D eigenvalue weighted by atomic mass is 16.4. The molecular weight excluding hydrogens is 234 g/mol. The molecule has 1 atom stereocenters. The predicted molar refractivity (Wildman–Crippen MR) is 64.4 cm³/mol. The van der Waals surface area contributed by atoms with Gasteiger partial charge in [-0.15, -0.1) is 0 Å². The number of hydrogen-bond acceptors (Lipinski definition) is 3. The Bertz CT molecular complexity index is 550. The molecule has 5 nitrogen and oxygen atoms in total.